The van der Waals surface area contributed by atoms with Crippen molar-refractivity contribution in [2.45, 2.75) is 45.6 Å². The molecule has 25 heavy (non-hydrogen) atoms. The number of hydrogen-bond donors (Lipinski definition) is 3. The van der Waals surface area contributed by atoms with Crippen molar-refractivity contribution in [2.24, 2.45) is 5.92 Å². The van der Waals surface area contributed by atoms with Crippen molar-refractivity contribution in [1.82, 2.24) is 10.6 Å². The van der Waals surface area contributed by atoms with Crippen LogP contribution in [-0.4, -0.2) is 42.8 Å². The molecule has 6 heteroatoms. The van der Waals surface area contributed by atoms with Crippen LogP contribution in [0.5, 0.6) is 0 Å². The van der Waals surface area contributed by atoms with Crippen LogP contribution in [0, 0.1) is 12.8 Å². The summed E-state index contributed by atoms with van der Waals surface area (Å²) in [5.41, 5.74) is 2.38. The molecule has 0 bridgehead atoms. The minimum Gasteiger partial charge on any atom is -0.481 e. The van der Waals surface area contributed by atoms with Gasteiger partial charge < -0.3 is 20.6 Å². The lowest BCUT2D eigenvalue weighted by Gasteiger charge is -2.27. The summed E-state index contributed by atoms with van der Waals surface area (Å²) in [6, 6.07) is 8.25. The molecular weight excluding hydrogens is 318 g/mol. The predicted molar refractivity (Wildman–Crippen MR) is 99.0 cm³/mol. The Hall–Kier alpha value is -2.24. The predicted octanol–water partition coefficient (Wildman–Crippen LogP) is 2.76. The zero-order valence-corrected chi connectivity index (χ0v) is 15.1. The molecule has 1 aliphatic rings. The summed E-state index contributed by atoms with van der Waals surface area (Å²) < 4.78 is 0. The summed E-state index contributed by atoms with van der Waals surface area (Å²) in [4.78, 5) is 25.2. The van der Waals surface area contributed by atoms with Crippen molar-refractivity contribution in [3.8, 4) is 0 Å². The van der Waals surface area contributed by atoms with E-state index in [4.69, 9.17) is 5.11 Å². The van der Waals surface area contributed by atoms with Gasteiger partial charge in [0.25, 0.3) is 0 Å². The zero-order valence-electron chi connectivity index (χ0n) is 15.1. The number of aryl methyl sites for hydroxylation is 1. The van der Waals surface area contributed by atoms with Gasteiger partial charge in [-0.25, -0.2) is 4.79 Å². The number of carboxylic acids is 1. The van der Waals surface area contributed by atoms with E-state index >= 15 is 0 Å². The van der Waals surface area contributed by atoms with Crippen molar-refractivity contribution in [3.63, 3.8) is 0 Å². The van der Waals surface area contributed by atoms with Crippen LogP contribution in [0.1, 0.15) is 38.2 Å². The lowest BCUT2D eigenvalue weighted by molar-refractivity contribution is -0.142. The molecular formula is C19H29N3O3. The second kappa shape index (κ2) is 9.30. The highest BCUT2D eigenvalue weighted by Crippen LogP contribution is 2.24. The average Bonchev–Trinajstić information content (AvgIpc) is 2.59. The van der Waals surface area contributed by atoms with Crippen molar-refractivity contribution >= 4 is 17.7 Å². The molecule has 2 amide bonds. The van der Waals surface area contributed by atoms with Gasteiger partial charge in [-0.15, -0.1) is 0 Å². The van der Waals surface area contributed by atoms with Crippen LogP contribution in [-0.2, 0) is 4.79 Å². The summed E-state index contributed by atoms with van der Waals surface area (Å²) in [5.74, 6) is -0.979. The van der Waals surface area contributed by atoms with Crippen LogP contribution < -0.4 is 15.5 Å². The van der Waals surface area contributed by atoms with Gasteiger partial charge in [0.1, 0.15) is 0 Å². The molecule has 0 aliphatic heterocycles. The van der Waals surface area contributed by atoms with Gasteiger partial charge in [-0.1, -0.05) is 12.1 Å². The Labute approximate surface area is 149 Å². The maximum atomic E-state index is 12.0. The summed E-state index contributed by atoms with van der Waals surface area (Å²) in [7, 11) is 0. The number of nitrogens with one attached hydrogen (secondary N) is 2. The van der Waals surface area contributed by atoms with Gasteiger partial charge in [0.15, 0.2) is 0 Å². The monoisotopic (exact) mass is 347 g/mol. The summed E-state index contributed by atoms with van der Waals surface area (Å²) >= 11 is 0. The zero-order chi connectivity index (χ0) is 18.2. The molecule has 0 aromatic heterocycles. The molecule has 0 unspecified atom stereocenters. The Morgan fingerprint density at radius 2 is 1.96 bits per heavy atom. The maximum absolute atomic E-state index is 12.0. The highest BCUT2D eigenvalue weighted by Gasteiger charge is 2.26. The molecule has 1 saturated carbocycles. The van der Waals surface area contributed by atoms with E-state index in [1.54, 1.807) is 0 Å². The number of rotatable bonds is 7. The Balaban J connectivity index is 1.70. The van der Waals surface area contributed by atoms with E-state index in [1.807, 2.05) is 6.07 Å². The topological polar surface area (TPSA) is 81.7 Å². The number of aliphatic carboxylic acids is 1. The number of urea groups is 1. The largest absolute Gasteiger partial charge is 0.481 e. The van der Waals surface area contributed by atoms with Crippen molar-refractivity contribution < 1.29 is 14.7 Å². The van der Waals surface area contributed by atoms with Gasteiger partial charge in [0.2, 0.25) is 0 Å². The summed E-state index contributed by atoms with van der Waals surface area (Å²) in [5, 5.41) is 14.9. The molecule has 1 aromatic rings. The third-order valence-corrected chi connectivity index (χ3v) is 4.83. The Bertz CT molecular complexity index is 583. The smallest absolute Gasteiger partial charge is 0.315 e. The Morgan fingerprint density at radius 3 is 2.56 bits per heavy atom. The van der Waals surface area contributed by atoms with Gasteiger partial charge in [0.05, 0.1) is 5.92 Å². The first-order chi connectivity index (χ1) is 12.0. The molecule has 0 heterocycles. The third-order valence-electron chi connectivity index (χ3n) is 4.83. The number of hydrogen-bond acceptors (Lipinski definition) is 3. The van der Waals surface area contributed by atoms with E-state index in [0.29, 0.717) is 19.4 Å². The average molecular weight is 347 g/mol. The lowest BCUT2D eigenvalue weighted by Crippen LogP contribution is -2.46. The van der Waals surface area contributed by atoms with Crippen molar-refractivity contribution in [2.75, 3.05) is 24.5 Å². The van der Waals surface area contributed by atoms with E-state index in [-0.39, 0.29) is 18.0 Å². The number of carbonyl (C=O) groups excluding carboxylic acids is 1. The van der Waals surface area contributed by atoms with E-state index < -0.39 is 5.97 Å². The van der Waals surface area contributed by atoms with E-state index in [1.165, 1.54) is 5.56 Å². The normalized spacial score (nSPS) is 19.9. The number of anilines is 1. The van der Waals surface area contributed by atoms with Gasteiger partial charge in [-0.05, 0) is 57.2 Å². The van der Waals surface area contributed by atoms with Gasteiger partial charge >= 0.3 is 12.0 Å². The van der Waals surface area contributed by atoms with Crippen LogP contribution in [0.3, 0.4) is 0 Å². The molecule has 0 radical (unpaired) electrons. The molecule has 1 aromatic carbocycles. The molecule has 138 valence electrons. The fourth-order valence-electron chi connectivity index (χ4n) is 3.32. The first kappa shape index (κ1) is 19.1. The van der Waals surface area contributed by atoms with E-state index in [0.717, 1.165) is 31.6 Å². The fourth-order valence-corrected chi connectivity index (χ4v) is 3.32. The number of carboxylic acid groups (broad SMARTS) is 1. The quantitative estimate of drug-likeness (QED) is 0.708. The molecule has 0 spiro atoms. The van der Waals surface area contributed by atoms with Crippen LogP contribution in [0.4, 0.5) is 10.5 Å². The van der Waals surface area contributed by atoms with Gasteiger partial charge in [-0.2, -0.15) is 0 Å². The minimum atomic E-state index is -0.723. The summed E-state index contributed by atoms with van der Waals surface area (Å²) in [6.07, 6.45) is 2.73. The lowest BCUT2D eigenvalue weighted by atomic mass is 9.86. The van der Waals surface area contributed by atoms with Crippen LogP contribution in [0.15, 0.2) is 24.3 Å². The number of likely N-dealkylation sites (N-methyl/N-ethyl adjacent to an activating group) is 1. The van der Waals surface area contributed by atoms with Crippen LogP contribution >= 0.6 is 0 Å². The number of nitrogens with zero attached hydrogens (tertiary/aromatic N) is 1. The first-order valence-electron chi connectivity index (χ1n) is 9.08. The van der Waals surface area contributed by atoms with Crippen molar-refractivity contribution in [1.29, 1.82) is 0 Å². The molecule has 6 nitrogen and oxygen atoms in total. The second-order valence-electron chi connectivity index (χ2n) is 6.71. The van der Waals surface area contributed by atoms with Crippen LogP contribution in [0.2, 0.25) is 0 Å². The van der Waals surface area contributed by atoms with Gasteiger partial charge in [-0.3, -0.25) is 4.79 Å². The SMILES string of the molecule is CCN(CCNC(=O)NC1CCC(C(=O)O)CC1)c1cccc(C)c1. The molecule has 1 aliphatic carbocycles. The summed E-state index contributed by atoms with van der Waals surface area (Å²) in [6.45, 7) is 6.37. The molecule has 1 fully saturated rings. The van der Waals surface area contributed by atoms with Gasteiger partial charge in [0, 0.05) is 31.4 Å². The highest BCUT2D eigenvalue weighted by atomic mass is 16.4. The number of benzene rings is 1. The number of amides is 2. The fraction of sp³-hybridized carbons (Fsp3) is 0.579. The third kappa shape index (κ3) is 5.96. The molecule has 3 N–H and O–H groups in total. The standard InChI is InChI=1S/C19H29N3O3/c1-3-22(17-6-4-5-14(2)13-17)12-11-20-19(25)21-16-9-7-15(8-10-16)18(23)24/h4-6,13,15-16H,3,7-12H2,1-2H3,(H,23,24)(H2,20,21,25). The second-order valence-corrected chi connectivity index (χ2v) is 6.71. The molecule has 0 saturated heterocycles. The minimum absolute atomic E-state index is 0.0784. The molecule has 0 atom stereocenters. The Morgan fingerprint density at radius 1 is 1.24 bits per heavy atom. The maximum Gasteiger partial charge on any atom is 0.315 e. The first-order valence-corrected chi connectivity index (χ1v) is 9.08. The Kier molecular flexibility index (Phi) is 7.10. The molecule has 2 rings (SSSR count). The van der Waals surface area contributed by atoms with E-state index in [9.17, 15) is 9.59 Å². The van der Waals surface area contributed by atoms with Crippen LogP contribution in [0.25, 0.3) is 0 Å². The van der Waals surface area contributed by atoms with Crippen molar-refractivity contribution in [3.05, 3.63) is 29.8 Å². The van der Waals surface area contributed by atoms with E-state index in [2.05, 4.69) is 47.6 Å². The number of carbonyl (C=O) groups is 2. The highest BCUT2D eigenvalue weighted by molar-refractivity contribution is 5.74.